The van der Waals surface area contributed by atoms with Crippen LogP contribution in [0.2, 0.25) is 0 Å². The molecule has 0 saturated carbocycles. The Morgan fingerprint density at radius 1 is 1.18 bits per heavy atom. The Kier molecular flexibility index (Phi) is 5.54. The number of fused-ring (bicyclic) bond motifs is 1. The van der Waals surface area contributed by atoms with E-state index in [-0.39, 0.29) is 18.2 Å². The van der Waals surface area contributed by atoms with E-state index in [1.54, 1.807) is 11.3 Å². The Labute approximate surface area is 172 Å². The molecular weight excluding hydrogens is 390 g/mol. The molecule has 1 N–H and O–H groups in total. The monoisotopic (exact) mass is 411 g/mol. The van der Waals surface area contributed by atoms with Gasteiger partial charge >= 0.3 is 0 Å². The number of benzene rings is 1. The number of hydrogen-bond acceptors (Lipinski definition) is 5. The van der Waals surface area contributed by atoms with E-state index in [4.69, 9.17) is 0 Å². The Morgan fingerprint density at radius 2 is 2.04 bits per heavy atom. The third-order valence-corrected chi connectivity index (χ3v) is 6.57. The van der Waals surface area contributed by atoms with Crippen LogP contribution < -0.4 is 10.2 Å². The third-order valence-electron chi connectivity index (χ3n) is 4.89. The zero-order chi connectivity index (χ0) is 19.5. The number of nitrogens with zero attached hydrogens (tertiary/aromatic N) is 2. The predicted molar refractivity (Wildman–Crippen MR) is 114 cm³/mol. The van der Waals surface area contributed by atoms with E-state index in [0.717, 1.165) is 23.5 Å². The van der Waals surface area contributed by atoms with Gasteiger partial charge in [0.2, 0.25) is 11.8 Å². The molecule has 4 rings (SSSR count). The van der Waals surface area contributed by atoms with Crippen molar-refractivity contribution in [1.82, 2.24) is 4.98 Å². The summed E-state index contributed by atoms with van der Waals surface area (Å²) in [6, 6.07) is 12.0. The molecule has 0 fully saturated rings. The molecule has 0 aliphatic carbocycles. The van der Waals surface area contributed by atoms with E-state index in [2.05, 4.69) is 23.3 Å². The molecule has 2 aromatic heterocycles. The first-order valence-corrected chi connectivity index (χ1v) is 11.0. The van der Waals surface area contributed by atoms with Crippen molar-refractivity contribution in [2.45, 2.75) is 32.1 Å². The minimum atomic E-state index is -0.0892. The molecule has 28 heavy (non-hydrogen) atoms. The van der Waals surface area contributed by atoms with Gasteiger partial charge in [-0.1, -0.05) is 31.2 Å². The lowest BCUT2D eigenvalue weighted by atomic mass is 9.91. The van der Waals surface area contributed by atoms with Crippen molar-refractivity contribution in [2.75, 3.05) is 16.8 Å². The number of carbonyl (C=O) groups excluding carboxylic acids is 2. The molecule has 3 aromatic rings. The summed E-state index contributed by atoms with van der Waals surface area (Å²) in [4.78, 5) is 32.3. The zero-order valence-electron chi connectivity index (χ0n) is 15.6. The molecule has 1 aliphatic heterocycles. The third kappa shape index (κ3) is 4.15. The Hall–Kier alpha value is -2.51. The Balaban J connectivity index is 1.39. The summed E-state index contributed by atoms with van der Waals surface area (Å²) in [5.41, 5.74) is 2.92. The predicted octanol–water partition coefficient (Wildman–Crippen LogP) is 4.47. The van der Waals surface area contributed by atoms with Crippen LogP contribution in [0.1, 0.15) is 35.4 Å². The van der Waals surface area contributed by atoms with Gasteiger partial charge in [0.25, 0.3) is 0 Å². The SMILES string of the molecule is CC1CCN(C(=O)Cc2csc(NC(=O)Cc3cccs3)n2)c2ccccc21. The van der Waals surface area contributed by atoms with E-state index in [9.17, 15) is 9.59 Å². The van der Waals surface area contributed by atoms with Crippen LogP contribution in [0, 0.1) is 0 Å². The van der Waals surface area contributed by atoms with Crippen molar-refractivity contribution in [1.29, 1.82) is 0 Å². The first kappa shape index (κ1) is 18.8. The molecule has 7 heteroatoms. The molecule has 144 valence electrons. The fraction of sp³-hybridized carbons (Fsp3) is 0.286. The van der Waals surface area contributed by atoms with E-state index in [1.807, 2.05) is 46.0 Å². The molecule has 0 bridgehead atoms. The standard InChI is InChI=1S/C21H21N3O2S2/c1-14-8-9-24(18-7-3-2-6-17(14)18)20(26)11-15-13-28-21(22-15)23-19(25)12-16-5-4-10-27-16/h2-7,10,13-14H,8-9,11-12H2,1H3,(H,22,23,25). The Bertz CT molecular complexity index is 981. The molecule has 1 unspecified atom stereocenters. The fourth-order valence-electron chi connectivity index (χ4n) is 3.44. The van der Waals surface area contributed by atoms with Crippen molar-refractivity contribution < 1.29 is 9.59 Å². The number of rotatable bonds is 5. The summed E-state index contributed by atoms with van der Waals surface area (Å²) in [7, 11) is 0. The van der Waals surface area contributed by atoms with Gasteiger partial charge < -0.3 is 10.2 Å². The van der Waals surface area contributed by atoms with Crippen LogP contribution in [-0.2, 0) is 22.4 Å². The molecule has 3 heterocycles. The minimum absolute atomic E-state index is 0.0427. The molecule has 1 atom stereocenters. The topological polar surface area (TPSA) is 62.3 Å². The molecule has 5 nitrogen and oxygen atoms in total. The maximum Gasteiger partial charge on any atom is 0.233 e. The summed E-state index contributed by atoms with van der Waals surface area (Å²) in [5, 5.41) is 7.16. The van der Waals surface area contributed by atoms with Crippen molar-refractivity contribution in [2.24, 2.45) is 0 Å². The van der Waals surface area contributed by atoms with Gasteiger partial charge in [-0.15, -0.1) is 22.7 Å². The molecule has 2 amide bonds. The first-order valence-electron chi connectivity index (χ1n) is 9.26. The summed E-state index contributed by atoms with van der Waals surface area (Å²) in [6.45, 7) is 2.93. The second-order valence-corrected chi connectivity index (χ2v) is 8.81. The molecule has 0 radical (unpaired) electrons. The highest BCUT2D eigenvalue weighted by Crippen LogP contribution is 2.35. The highest BCUT2D eigenvalue weighted by molar-refractivity contribution is 7.14. The number of nitrogens with one attached hydrogen (secondary N) is 1. The van der Waals surface area contributed by atoms with Crippen molar-refractivity contribution >= 4 is 45.3 Å². The maximum atomic E-state index is 12.9. The van der Waals surface area contributed by atoms with E-state index >= 15 is 0 Å². The van der Waals surface area contributed by atoms with Crippen molar-refractivity contribution in [3.05, 3.63) is 63.3 Å². The lowest BCUT2D eigenvalue weighted by Crippen LogP contribution is -2.37. The summed E-state index contributed by atoms with van der Waals surface area (Å²) in [6.07, 6.45) is 1.54. The number of thiophene rings is 1. The van der Waals surface area contributed by atoms with Gasteiger partial charge in [-0.25, -0.2) is 4.98 Å². The van der Waals surface area contributed by atoms with Crippen molar-refractivity contribution in [3.63, 3.8) is 0 Å². The minimum Gasteiger partial charge on any atom is -0.312 e. The molecule has 1 aromatic carbocycles. The second-order valence-electron chi connectivity index (χ2n) is 6.92. The van der Waals surface area contributed by atoms with E-state index in [0.29, 0.717) is 23.2 Å². The average molecular weight is 412 g/mol. The highest BCUT2D eigenvalue weighted by Gasteiger charge is 2.26. The molecule has 0 spiro atoms. The number of carbonyl (C=O) groups is 2. The van der Waals surface area contributed by atoms with Gasteiger partial charge in [-0.05, 0) is 35.4 Å². The second kappa shape index (κ2) is 8.24. The Morgan fingerprint density at radius 3 is 2.86 bits per heavy atom. The average Bonchev–Trinajstić information content (AvgIpc) is 3.34. The normalized spacial score (nSPS) is 15.9. The van der Waals surface area contributed by atoms with Crippen LogP contribution in [0.4, 0.5) is 10.8 Å². The van der Waals surface area contributed by atoms with E-state index in [1.165, 1.54) is 16.9 Å². The smallest absolute Gasteiger partial charge is 0.233 e. The lowest BCUT2D eigenvalue weighted by molar-refractivity contribution is -0.118. The molecular formula is C21H21N3O2S2. The quantitative estimate of drug-likeness (QED) is 0.674. The van der Waals surface area contributed by atoms with Crippen LogP contribution in [0.5, 0.6) is 0 Å². The fourth-order valence-corrected chi connectivity index (χ4v) is 4.87. The van der Waals surface area contributed by atoms with Crippen LogP contribution in [0.25, 0.3) is 0 Å². The van der Waals surface area contributed by atoms with Crippen LogP contribution in [0.15, 0.2) is 47.2 Å². The molecule has 0 saturated heterocycles. The maximum absolute atomic E-state index is 12.9. The number of aromatic nitrogens is 1. The zero-order valence-corrected chi connectivity index (χ0v) is 17.2. The lowest BCUT2D eigenvalue weighted by Gasteiger charge is -2.32. The highest BCUT2D eigenvalue weighted by atomic mass is 32.1. The van der Waals surface area contributed by atoms with Crippen molar-refractivity contribution in [3.8, 4) is 0 Å². The van der Waals surface area contributed by atoms with Crippen LogP contribution in [0.3, 0.4) is 0 Å². The van der Waals surface area contributed by atoms with Gasteiger partial charge in [-0.2, -0.15) is 0 Å². The van der Waals surface area contributed by atoms with Crippen LogP contribution in [-0.4, -0.2) is 23.3 Å². The summed E-state index contributed by atoms with van der Waals surface area (Å²) < 4.78 is 0. The number of amides is 2. The number of hydrogen-bond donors (Lipinski definition) is 1. The largest absolute Gasteiger partial charge is 0.312 e. The summed E-state index contributed by atoms with van der Waals surface area (Å²) >= 11 is 2.91. The van der Waals surface area contributed by atoms with Gasteiger partial charge in [0, 0.05) is 22.5 Å². The first-order chi connectivity index (χ1) is 13.6. The number of anilines is 2. The number of thiazole rings is 1. The van der Waals surface area contributed by atoms with Gasteiger partial charge in [0.1, 0.15) is 0 Å². The molecule has 1 aliphatic rings. The van der Waals surface area contributed by atoms with Gasteiger partial charge in [0.15, 0.2) is 5.13 Å². The van der Waals surface area contributed by atoms with Crippen LogP contribution >= 0.6 is 22.7 Å². The van der Waals surface area contributed by atoms with E-state index < -0.39 is 0 Å². The summed E-state index contributed by atoms with van der Waals surface area (Å²) in [5.74, 6) is 0.416. The number of para-hydroxylation sites is 1. The van der Waals surface area contributed by atoms with Gasteiger partial charge in [-0.3, -0.25) is 9.59 Å². The van der Waals surface area contributed by atoms with Gasteiger partial charge in [0.05, 0.1) is 18.5 Å².